The van der Waals surface area contributed by atoms with Crippen molar-refractivity contribution in [1.29, 1.82) is 0 Å². The largest absolute Gasteiger partial charge is 0.467 e. The summed E-state index contributed by atoms with van der Waals surface area (Å²) in [7, 11) is 1.18. The Hall–Kier alpha value is -3.40. The molecule has 10 heteroatoms. The number of non-ortho nitro benzene ring substituents is 1. The highest BCUT2D eigenvalue weighted by Gasteiger charge is 2.41. The Bertz CT molecular complexity index is 1060. The molecule has 2 aromatic rings. The van der Waals surface area contributed by atoms with Crippen molar-refractivity contribution in [3.05, 3.63) is 56.7 Å². The number of esters is 1. The molecule has 1 aliphatic heterocycles. The molecule has 2 amide bonds. The molecular formula is C19H16N2O7S. The topological polar surface area (TPSA) is 120 Å². The number of aryl methyl sites for hydroxylation is 1. The van der Waals surface area contributed by atoms with Gasteiger partial charge in [-0.2, -0.15) is 0 Å². The molecule has 0 aliphatic carbocycles. The van der Waals surface area contributed by atoms with Crippen LogP contribution in [-0.4, -0.2) is 40.1 Å². The zero-order chi connectivity index (χ0) is 21.3. The van der Waals surface area contributed by atoms with E-state index in [0.29, 0.717) is 34.4 Å². The molecule has 3 rings (SSSR count). The van der Waals surface area contributed by atoms with Crippen molar-refractivity contribution in [2.45, 2.75) is 19.9 Å². The van der Waals surface area contributed by atoms with Crippen molar-refractivity contribution < 1.29 is 28.5 Å². The lowest BCUT2D eigenvalue weighted by Crippen LogP contribution is -2.42. The Morgan fingerprint density at radius 3 is 2.66 bits per heavy atom. The lowest BCUT2D eigenvalue weighted by atomic mass is 10.1. The van der Waals surface area contributed by atoms with Crippen LogP contribution in [0, 0.1) is 17.0 Å². The minimum absolute atomic E-state index is 0.0218. The predicted octanol–water partition coefficient (Wildman–Crippen LogP) is 3.76. The van der Waals surface area contributed by atoms with Gasteiger partial charge < -0.3 is 9.15 Å². The molecule has 1 aliphatic rings. The van der Waals surface area contributed by atoms with E-state index in [-0.39, 0.29) is 10.6 Å². The van der Waals surface area contributed by atoms with Crippen LogP contribution in [0.2, 0.25) is 0 Å². The van der Waals surface area contributed by atoms with Crippen LogP contribution in [0.1, 0.15) is 18.2 Å². The van der Waals surface area contributed by atoms with Crippen molar-refractivity contribution in [2.75, 3.05) is 7.11 Å². The maximum absolute atomic E-state index is 12.5. The normalized spacial score (nSPS) is 16.4. The summed E-state index contributed by atoms with van der Waals surface area (Å²) in [4.78, 5) is 47.7. The van der Waals surface area contributed by atoms with E-state index < -0.39 is 28.1 Å². The number of ether oxygens (including phenoxy) is 1. The third-order valence-electron chi connectivity index (χ3n) is 4.34. The van der Waals surface area contributed by atoms with Crippen LogP contribution in [0.25, 0.3) is 17.4 Å². The molecule has 29 heavy (non-hydrogen) atoms. The molecule has 1 fully saturated rings. The zero-order valence-electron chi connectivity index (χ0n) is 15.7. The number of methoxy groups -OCH3 is 1. The Balaban J connectivity index is 1.85. The zero-order valence-corrected chi connectivity index (χ0v) is 16.5. The predicted molar refractivity (Wildman–Crippen MR) is 105 cm³/mol. The average Bonchev–Trinajstić information content (AvgIpc) is 3.25. The van der Waals surface area contributed by atoms with Crippen LogP contribution >= 0.6 is 11.8 Å². The van der Waals surface area contributed by atoms with Crippen LogP contribution in [0.5, 0.6) is 0 Å². The van der Waals surface area contributed by atoms with Crippen molar-refractivity contribution >= 4 is 40.6 Å². The number of thioether (sulfide) groups is 1. The average molecular weight is 416 g/mol. The highest BCUT2D eigenvalue weighted by molar-refractivity contribution is 8.18. The summed E-state index contributed by atoms with van der Waals surface area (Å²) in [6.45, 7) is 3.14. The van der Waals surface area contributed by atoms with E-state index in [0.717, 1.165) is 4.90 Å². The van der Waals surface area contributed by atoms with Gasteiger partial charge in [0.15, 0.2) is 0 Å². The van der Waals surface area contributed by atoms with Gasteiger partial charge in [-0.15, -0.1) is 0 Å². The van der Waals surface area contributed by atoms with Gasteiger partial charge in [0, 0.05) is 23.8 Å². The van der Waals surface area contributed by atoms with Gasteiger partial charge in [0.05, 0.1) is 16.9 Å². The molecular weight excluding hydrogens is 400 g/mol. The van der Waals surface area contributed by atoms with Crippen molar-refractivity contribution in [2.24, 2.45) is 0 Å². The first-order valence-electron chi connectivity index (χ1n) is 8.43. The fraction of sp³-hybridized carbons (Fsp3) is 0.211. The summed E-state index contributed by atoms with van der Waals surface area (Å²) < 4.78 is 10.3. The number of carbonyl (C=O) groups is 3. The van der Waals surface area contributed by atoms with Gasteiger partial charge in [-0.1, -0.05) is 0 Å². The highest BCUT2D eigenvalue weighted by Crippen LogP contribution is 2.35. The van der Waals surface area contributed by atoms with Gasteiger partial charge in [-0.3, -0.25) is 24.6 Å². The number of benzene rings is 1. The molecule has 1 aromatic carbocycles. The monoisotopic (exact) mass is 416 g/mol. The number of furan rings is 1. The summed E-state index contributed by atoms with van der Waals surface area (Å²) in [5.74, 6) is -0.510. The number of rotatable bonds is 5. The maximum Gasteiger partial charge on any atom is 0.328 e. The lowest BCUT2D eigenvalue weighted by molar-refractivity contribution is -0.384. The van der Waals surface area contributed by atoms with Gasteiger partial charge in [-0.25, -0.2) is 4.79 Å². The van der Waals surface area contributed by atoms with E-state index in [1.54, 1.807) is 25.1 Å². The minimum Gasteiger partial charge on any atom is -0.467 e. The first-order valence-corrected chi connectivity index (χ1v) is 9.24. The smallest absolute Gasteiger partial charge is 0.328 e. The van der Waals surface area contributed by atoms with E-state index >= 15 is 0 Å². The standard InChI is InChI=1S/C19H16N2O7S/c1-10-8-12(21(25)26)4-6-14(10)15-7-5-13(28-15)9-16-17(22)20(19(24)29-16)11(2)18(23)27-3/h4-9,11H,1-3H3/b16-9-/t11-/m0/s1. The molecule has 0 saturated carbocycles. The molecule has 0 bridgehead atoms. The van der Waals surface area contributed by atoms with Gasteiger partial charge in [0.25, 0.3) is 16.8 Å². The molecule has 150 valence electrons. The SMILES string of the molecule is COC(=O)[C@H](C)N1C(=O)S/C(=C\c2ccc(-c3ccc([N+](=O)[O-])cc3C)o2)C1=O. The van der Waals surface area contributed by atoms with Crippen molar-refractivity contribution in [1.82, 2.24) is 4.90 Å². The van der Waals surface area contributed by atoms with Crippen molar-refractivity contribution in [3.8, 4) is 11.3 Å². The number of hydrogen-bond donors (Lipinski definition) is 0. The number of amides is 2. The summed E-state index contributed by atoms with van der Waals surface area (Å²) in [6, 6.07) is 6.66. The molecule has 1 atom stereocenters. The molecule has 9 nitrogen and oxygen atoms in total. The maximum atomic E-state index is 12.5. The second kappa shape index (κ2) is 7.92. The quantitative estimate of drug-likeness (QED) is 0.313. The first kappa shape index (κ1) is 20.3. The van der Waals surface area contributed by atoms with E-state index in [2.05, 4.69) is 4.74 Å². The van der Waals surface area contributed by atoms with Gasteiger partial charge in [-0.05, 0) is 49.4 Å². The molecule has 0 unspecified atom stereocenters. The number of nitrogens with zero attached hydrogens (tertiary/aromatic N) is 2. The van der Waals surface area contributed by atoms with Crippen molar-refractivity contribution in [3.63, 3.8) is 0 Å². The van der Waals surface area contributed by atoms with Gasteiger partial charge >= 0.3 is 5.97 Å². The Morgan fingerprint density at radius 1 is 1.31 bits per heavy atom. The van der Waals surface area contributed by atoms with Gasteiger partial charge in [0.1, 0.15) is 17.6 Å². The van der Waals surface area contributed by atoms with E-state index in [9.17, 15) is 24.5 Å². The Kier molecular flexibility index (Phi) is 5.55. The molecule has 0 N–H and O–H groups in total. The molecule has 1 aromatic heterocycles. The van der Waals surface area contributed by atoms with Crippen LogP contribution < -0.4 is 0 Å². The van der Waals surface area contributed by atoms with Crippen LogP contribution in [-0.2, 0) is 14.3 Å². The third-order valence-corrected chi connectivity index (χ3v) is 5.22. The molecule has 0 spiro atoms. The van der Waals surface area contributed by atoms with E-state index in [1.807, 2.05) is 0 Å². The number of nitro benzene ring substituents is 1. The third kappa shape index (κ3) is 3.92. The number of hydrogen-bond acceptors (Lipinski definition) is 8. The highest BCUT2D eigenvalue weighted by atomic mass is 32.2. The van der Waals surface area contributed by atoms with Crippen LogP contribution in [0.3, 0.4) is 0 Å². The Labute approximate surface area is 169 Å². The van der Waals surface area contributed by atoms with Gasteiger partial charge in [0.2, 0.25) is 0 Å². The first-order chi connectivity index (χ1) is 13.7. The minimum atomic E-state index is -1.03. The van der Waals surface area contributed by atoms with E-state index in [4.69, 9.17) is 4.42 Å². The summed E-state index contributed by atoms with van der Waals surface area (Å²) in [6.07, 6.45) is 1.42. The Morgan fingerprint density at radius 2 is 2.03 bits per heavy atom. The van der Waals surface area contributed by atoms with Crippen LogP contribution in [0.15, 0.2) is 39.7 Å². The summed E-state index contributed by atoms with van der Waals surface area (Å²) in [5, 5.41) is 10.3. The number of nitro groups is 1. The van der Waals surface area contributed by atoms with E-state index in [1.165, 1.54) is 32.2 Å². The molecule has 2 heterocycles. The molecule has 0 radical (unpaired) electrons. The molecule has 1 saturated heterocycles. The van der Waals surface area contributed by atoms with Crippen LogP contribution in [0.4, 0.5) is 10.5 Å². The number of imide groups is 1. The lowest BCUT2D eigenvalue weighted by Gasteiger charge is -2.18. The fourth-order valence-electron chi connectivity index (χ4n) is 2.83. The second-order valence-corrected chi connectivity index (χ2v) is 7.20. The second-order valence-electron chi connectivity index (χ2n) is 6.21. The summed E-state index contributed by atoms with van der Waals surface area (Å²) in [5.41, 5.74) is 1.31. The summed E-state index contributed by atoms with van der Waals surface area (Å²) >= 11 is 0.702. The fourth-order valence-corrected chi connectivity index (χ4v) is 3.72. The number of carbonyl (C=O) groups excluding carboxylic acids is 3.